The van der Waals surface area contributed by atoms with Crippen molar-refractivity contribution in [3.8, 4) is 17.2 Å². The van der Waals surface area contributed by atoms with Crippen LogP contribution in [-0.4, -0.2) is 29.9 Å². The van der Waals surface area contributed by atoms with Gasteiger partial charge in [0.25, 0.3) is 5.91 Å². The van der Waals surface area contributed by atoms with Gasteiger partial charge in [-0.1, -0.05) is 23.9 Å². The highest BCUT2D eigenvalue weighted by Gasteiger charge is 2.39. The Morgan fingerprint density at radius 1 is 1.09 bits per heavy atom. The van der Waals surface area contributed by atoms with Crippen LogP contribution in [0.5, 0.6) is 17.2 Å². The number of nitrogens with zero attached hydrogens (tertiary/aromatic N) is 2. The first-order valence-corrected chi connectivity index (χ1v) is 10.7. The van der Waals surface area contributed by atoms with Crippen molar-refractivity contribution in [3.05, 3.63) is 88.5 Å². The molecule has 5 rings (SSSR count). The predicted octanol–water partition coefficient (Wildman–Crippen LogP) is 5.23. The number of hydrogen-bond donors (Lipinski definition) is 0. The molecular weight excluding hydrogens is 476 g/mol. The average Bonchev–Trinajstić information content (AvgIpc) is 3.49. The number of carbonyl (C=O) groups excluding carboxylic acids is 1. The van der Waals surface area contributed by atoms with Gasteiger partial charge in [0.15, 0.2) is 28.9 Å². The minimum atomic E-state index is -1.55. The molecule has 0 saturated carbocycles. The normalized spacial score (nSPS) is 16.6. The number of amides is 1. The quantitative estimate of drug-likeness (QED) is 0.370. The van der Waals surface area contributed by atoms with Crippen molar-refractivity contribution in [3.63, 3.8) is 0 Å². The van der Waals surface area contributed by atoms with Crippen molar-refractivity contribution in [2.24, 2.45) is 5.10 Å². The van der Waals surface area contributed by atoms with E-state index >= 15 is 0 Å². The van der Waals surface area contributed by atoms with Gasteiger partial charge < -0.3 is 14.2 Å². The van der Waals surface area contributed by atoms with Crippen molar-refractivity contribution in [2.75, 3.05) is 13.9 Å². The molecule has 0 aliphatic carbocycles. The summed E-state index contributed by atoms with van der Waals surface area (Å²) in [5.41, 5.74) is 0.221. The monoisotopic (exact) mass is 490 g/mol. The summed E-state index contributed by atoms with van der Waals surface area (Å²) in [4.78, 5) is 13.4. The lowest BCUT2D eigenvalue weighted by atomic mass is 10.1. The van der Waals surface area contributed by atoms with E-state index in [4.69, 9.17) is 9.47 Å². The highest BCUT2D eigenvalue weighted by atomic mass is 32.2. The van der Waals surface area contributed by atoms with E-state index in [1.165, 1.54) is 24.3 Å². The summed E-state index contributed by atoms with van der Waals surface area (Å²) >= 11 is 1.12. The molecule has 0 N–H and O–H groups in total. The van der Waals surface area contributed by atoms with Crippen LogP contribution < -0.4 is 14.2 Å². The van der Waals surface area contributed by atoms with Crippen LogP contribution in [0.4, 0.5) is 17.6 Å². The molecule has 2 aliphatic rings. The van der Waals surface area contributed by atoms with Gasteiger partial charge in [-0.2, -0.15) is 9.49 Å². The van der Waals surface area contributed by atoms with Crippen LogP contribution in [0, 0.1) is 23.3 Å². The van der Waals surface area contributed by atoms with E-state index in [2.05, 4.69) is 9.84 Å². The van der Waals surface area contributed by atoms with Gasteiger partial charge in [-0.25, -0.2) is 18.2 Å². The van der Waals surface area contributed by atoms with Crippen LogP contribution in [0.1, 0.15) is 26.9 Å². The van der Waals surface area contributed by atoms with E-state index in [0.29, 0.717) is 33.7 Å². The molecule has 174 valence electrons. The Balaban J connectivity index is 1.62. The minimum Gasteiger partial charge on any atom is -0.491 e. The summed E-state index contributed by atoms with van der Waals surface area (Å²) in [6, 6.07) is 10.9. The molecule has 0 saturated heterocycles. The van der Waals surface area contributed by atoms with Crippen LogP contribution >= 0.6 is 11.8 Å². The zero-order valence-corrected chi connectivity index (χ0v) is 18.2. The highest BCUT2D eigenvalue weighted by Crippen LogP contribution is 2.49. The number of para-hydroxylation sites is 1. The first-order valence-electron chi connectivity index (χ1n) is 9.83. The van der Waals surface area contributed by atoms with E-state index in [1.54, 1.807) is 18.2 Å². The van der Waals surface area contributed by atoms with Gasteiger partial charge in [0, 0.05) is 11.1 Å². The van der Waals surface area contributed by atoms with Crippen molar-refractivity contribution in [1.29, 1.82) is 0 Å². The number of methoxy groups -OCH3 is 1. The third kappa shape index (κ3) is 3.61. The maximum atomic E-state index is 14.9. The number of rotatable bonds is 4. The molecule has 3 aromatic carbocycles. The van der Waals surface area contributed by atoms with Gasteiger partial charge in [-0.3, -0.25) is 4.79 Å². The highest BCUT2D eigenvalue weighted by molar-refractivity contribution is 8.14. The Hall–Kier alpha value is -3.73. The molecule has 1 amide bonds. The van der Waals surface area contributed by atoms with Crippen LogP contribution in [0.3, 0.4) is 0 Å². The summed E-state index contributed by atoms with van der Waals surface area (Å²) in [7, 11) is 0.957. The molecule has 6 nitrogen and oxygen atoms in total. The summed E-state index contributed by atoms with van der Waals surface area (Å²) in [6.45, 7) is -0.0294. The molecule has 1 unspecified atom stereocenters. The van der Waals surface area contributed by atoms with E-state index in [-0.39, 0.29) is 6.79 Å². The van der Waals surface area contributed by atoms with Crippen LogP contribution in [0.25, 0.3) is 0 Å². The minimum absolute atomic E-state index is 0.0294. The molecule has 34 heavy (non-hydrogen) atoms. The molecule has 0 bridgehead atoms. The van der Waals surface area contributed by atoms with Crippen molar-refractivity contribution in [1.82, 2.24) is 5.01 Å². The van der Waals surface area contributed by atoms with Crippen LogP contribution in [0.2, 0.25) is 0 Å². The van der Waals surface area contributed by atoms with Gasteiger partial charge in [-0.05, 0) is 36.4 Å². The maximum absolute atomic E-state index is 14.9. The zero-order chi connectivity index (χ0) is 24.0. The standard InChI is InChI=1S/C23H14F4N2O4S/c1-31-20-17(26)14(9-15(25)18(20)27)22(30)29-23(13-3-2-4-16-19(13)33-10-32-16)34-21(28-29)11-5-7-12(24)8-6-11/h2-9,23H,10H2,1H3. The van der Waals surface area contributed by atoms with Gasteiger partial charge >= 0.3 is 0 Å². The number of hydrogen-bond acceptors (Lipinski definition) is 6. The molecule has 2 heterocycles. The molecule has 0 aromatic heterocycles. The summed E-state index contributed by atoms with van der Waals surface area (Å²) < 4.78 is 71.9. The Kier molecular flexibility index (Phi) is 5.56. The number of hydrazone groups is 1. The third-order valence-corrected chi connectivity index (χ3v) is 6.40. The lowest BCUT2D eigenvalue weighted by Gasteiger charge is -2.22. The maximum Gasteiger partial charge on any atom is 0.278 e. The van der Waals surface area contributed by atoms with Gasteiger partial charge in [0.2, 0.25) is 12.6 Å². The second kappa shape index (κ2) is 8.56. The second-order valence-corrected chi connectivity index (χ2v) is 8.25. The molecular formula is C23H14F4N2O4S. The number of halogens is 4. The van der Waals surface area contributed by atoms with E-state index in [9.17, 15) is 22.4 Å². The number of benzene rings is 3. The molecule has 0 spiro atoms. The first kappa shape index (κ1) is 22.1. The number of carbonyl (C=O) groups is 1. The summed E-state index contributed by atoms with van der Waals surface area (Å²) in [5, 5.41) is 4.71. The fourth-order valence-electron chi connectivity index (χ4n) is 3.58. The Labute approximate surface area is 194 Å². The fraction of sp³-hybridized carbons (Fsp3) is 0.130. The lowest BCUT2D eigenvalue weighted by molar-refractivity contribution is 0.0741. The number of thioether (sulfide) groups is 1. The second-order valence-electron chi connectivity index (χ2n) is 7.18. The van der Waals surface area contributed by atoms with Crippen molar-refractivity contribution < 1.29 is 36.6 Å². The summed E-state index contributed by atoms with van der Waals surface area (Å²) in [5.74, 6) is -6.07. The molecule has 3 aromatic rings. The SMILES string of the molecule is COc1c(F)c(F)cc(C(=O)N2N=C(c3ccc(F)cc3)SC2c2cccc3c2OCO3)c1F. The average molecular weight is 490 g/mol. The van der Waals surface area contributed by atoms with E-state index in [1.807, 2.05) is 0 Å². The molecule has 11 heteroatoms. The lowest BCUT2D eigenvalue weighted by Crippen LogP contribution is -2.27. The topological polar surface area (TPSA) is 60.4 Å². The molecule has 1 atom stereocenters. The van der Waals surface area contributed by atoms with Gasteiger partial charge in [0.05, 0.1) is 12.7 Å². The number of ether oxygens (including phenoxy) is 3. The Bertz CT molecular complexity index is 1330. The first-order chi connectivity index (χ1) is 16.4. The molecule has 0 fully saturated rings. The molecule has 2 aliphatic heterocycles. The zero-order valence-electron chi connectivity index (χ0n) is 17.4. The largest absolute Gasteiger partial charge is 0.491 e. The Morgan fingerprint density at radius 2 is 1.85 bits per heavy atom. The van der Waals surface area contributed by atoms with Crippen LogP contribution in [-0.2, 0) is 0 Å². The fourth-order valence-corrected chi connectivity index (χ4v) is 4.76. The number of fused-ring (bicyclic) bond motifs is 1. The van der Waals surface area contributed by atoms with E-state index in [0.717, 1.165) is 23.9 Å². The van der Waals surface area contributed by atoms with E-state index < -0.39 is 45.9 Å². The summed E-state index contributed by atoms with van der Waals surface area (Å²) in [6.07, 6.45) is 0. The van der Waals surface area contributed by atoms with Crippen molar-refractivity contribution >= 4 is 22.7 Å². The van der Waals surface area contributed by atoms with Crippen molar-refractivity contribution in [2.45, 2.75) is 5.37 Å². The predicted molar refractivity (Wildman–Crippen MR) is 115 cm³/mol. The molecule has 0 radical (unpaired) electrons. The van der Waals surface area contributed by atoms with Crippen LogP contribution in [0.15, 0.2) is 53.6 Å². The van der Waals surface area contributed by atoms with Gasteiger partial charge in [-0.15, -0.1) is 0 Å². The third-order valence-electron chi connectivity index (χ3n) is 5.19. The Morgan fingerprint density at radius 3 is 2.59 bits per heavy atom. The van der Waals surface area contributed by atoms with Gasteiger partial charge in [0.1, 0.15) is 16.2 Å². The smallest absolute Gasteiger partial charge is 0.278 e.